The molecule has 0 fully saturated rings. The lowest BCUT2D eigenvalue weighted by Gasteiger charge is -2.13. The van der Waals surface area contributed by atoms with Crippen LogP contribution in [0.25, 0.3) is 22.3 Å². The highest BCUT2D eigenvalue weighted by Crippen LogP contribution is 2.32. The first-order valence-corrected chi connectivity index (χ1v) is 7.24. The van der Waals surface area contributed by atoms with Crippen LogP contribution in [-0.4, -0.2) is 29.9 Å². The van der Waals surface area contributed by atoms with Crippen LogP contribution < -0.4 is 15.0 Å². The summed E-state index contributed by atoms with van der Waals surface area (Å²) >= 11 is 0. The Kier molecular flexibility index (Phi) is 4.35. The Labute approximate surface area is 140 Å². The van der Waals surface area contributed by atoms with Crippen LogP contribution in [-0.2, 0) is 0 Å². The molecule has 0 atom stereocenters. The van der Waals surface area contributed by atoms with E-state index in [1.54, 1.807) is 24.3 Å². The molecule has 0 spiro atoms. The third-order valence-corrected chi connectivity index (χ3v) is 3.44. The smallest absolute Gasteiger partial charge is 0.422 e. The molecule has 2 aromatic carbocycles. The molecule has 5 nitrogen and oxygen atoms in total. The minimum Gasteiger partial charge on any atom is -0.493 e. The maximum Gasteiger partial charge on any atom is 0.422 e. The molecule has 0 aliphatic carbocycles. The number of aromatic amines is 1. The van der Waals surface area contributed by atoms with Gasteiger partial charge in [-0.05, 0) is 30.3 Å². The molecule has 3 aromatic rings. The van der Waals surface area contributed by atoms with Crippen molar-refractivity contribution in [2.24, 2.45) is 0 Å². The monoisotopic (exact) mass is 350 g/mol. The van der Waals surface area contributed by atoms with Crippen LogP contribution in [0.1, 0.15) is 0 Å². The Morgan fingerprint density at radius 1 is 1.12 bits per heavy atom. The van der Waals surface area contributed by atoms with E-state index in [0.717, 1.165) is 0 Å². The third kappa shape index (κ3) is 3.73. The van der Waals surface area contributed by atoms with Gasteiger partial charge in [0.15, 0.2) is 18.1 Å². The molecule has 0 aliphatic heterocycles. The van der Waals surface area contributed by atoms with Gasteiger partial charge >= 0.3 is 6.18 Å². The summed E-state index contributed by atoms with van der Waals surface area (Å²) in [6, 6.07) is 11.1. The van der Waals surface area contributed by atoms with E-state index in [1.165, 1.54) is 25.3 Å². The number of aromatic nitrogens is 2. The normalized spacial score (nSPS) is 11.5. The fourth-order valence-corrected chi connectivity index (χ4v) is 2.32. The molecule has 1 N–H and O–H groups in total. The fraction of sp³-hybridized carbons (Fsp3) is 0.176. The zero-order valence-electron chi connectivity index (χ0n) is 13.1. The van der Waals surface area contributed by atoms with Crippen molar-refractivity contribution in [2.75, 3.05) is 13.7 Å². The average Bonchev–Trinajstić information content (AvgIpc) is 2.59. The minimum absolute atomic E-state index is 0.0493. The predicted molar refractivity (Wildman–Crippen MR) is 85.9 cm³/mol. The van der Waals surface area contributed by atoms with Crippen LogP contribution >= 0.6 is 0 Å². The van der Waals surface area contributed by atoms with Crippen LogP contribution in [0.5, 0.6) is 11.5 Å². The van der Waals surface area contributed by atoms with E-state index in [4.69, 9.17) is 9.47 Å². The van der Waals surface area contributed by atoms with Gasteiger partial charge in [0, 0.05) is 5.56 Å². The first-order valence-electron chi connectivity index (χ1n) is 7.24. The van der Waals surface area contributed by atoms with Crippen LogP contribution in [0.15, 0.2) is 47.3 Å². The zero-order valence-corrected chi connectivity index (χ0v) is 13.1. The molecule has 0 unspecified atom stereocenters. The summed E-state index contributed by atoms with van der Waals surface area (Å²) in [5, 5.41) is 0.448. The lowest BCUT2D eigenvalue weighted by molar-refractivity contribution is -0.153. The molecule has 0 saturated heterocycles. The van der Waals surface area contributed by atoms with E-state index in [-0.39, 0.29) is 22.9 Å². The van der Waals surface area contributed by atoms with Gasteiger partial charge in [-0.15, -0.1) is 0 Å². The Morgan fingerprint density at radius 2 is 1.88 bits per heavy atom. The van der Waals surface area contributed by atoms with Crippen molar-refractivity contribution in [3.05, 3.63) is 52.8 Å². The number of methoxy groups -OCH3 is 1. The van der Waals surface area contributed by atoms with Crippen molar-refractivity contribution in [1.82, 2.24) is 9.97 Å². The molecular formula is C17H13F3N2O3. The number of alkyl halides is 3. The predicted octanol–water partition coefficient (Wildman–Crippen LogP) is 3.54. The maximum atomic E-state index is 12.3. The number of para-hydroxylation sites is 1. The summed E-state index contributed by atoms with van der Waals surface area (Å²) in [6.07, 6.45) is -4.45. The van der Waals surface area contributed by atoms with Crippen molar-refractivity contribution in [2.45, 2.75) is 6.18 Å². The number of nitrogens with zero attached hydrogens (tertiary/aromatic N) is 1. The summed E-state index contributed by atoms with van der Waals surface area (Å²) < 4.78 is 46.7. The SMILES string of the molecule is COc1cc(-c2nc3ccccc3c(=O)[nH]2)ccc1OCC(F)(F)F. The van der Waals surface area contributed by atoms with Crippen molar-refractivity contribution in [1.29, 1.82) is 0 Å². The highest BCUT2D eigenvalue weighted by atomic mass is 19.4. The standard InChI is InChI=1S/C17H13F3N2O3/c1-24-14-8-10(6-7-13(14)25-9-17(18,19)20)15-21-12-5-3-2-4-11(12)16(23)22-15/h2-8H,9H2,1H3,(H,21,22,23). The molecule has 0 saturated carbocycles. The third-order valence-electron chi connectivity index (χ3n) is 3.44. The molecule has 8 heteroatoms. The van der Waals surface area contributed by atoms with Crippen LogP contribution in [0.3, 0.4) is 0 Å². The largest absolute Gasteiger partial charge is 0.493 e. The molecule has 130 valence electrons. The minimum atomic E-state index is -4.45. The fourth-order valence-electron chi connectivity index (χ4n) is 2.32. The van der Waals surface area contributed by atoms with E-state index in [1.807, 2.05) is 0 Å². The van der Waals surface area contributed by atoms with E-state index < -0.39 is 12.8 Å². The number of hydrogen-bond donors (Lipinski definition) is 1. The quantitative estimate of drug-likeness (QED) is 0.782. The second-order valence-corrected chi connectivity index (χ2v) is 5.20. The summed E-state index contributed by atoms with van der Waals surface area (Å²) in [5.74, 6) is 0.341. The van der Waals surface area contributed by atoms with E-state index >= 15 is 0 Å². The highest BCUT2D eigenvalue weighted by Gasteiger charge is 2.29. The van der Waals surface area contributed by atoms with Crippen LogP contribution in [0.2, 0.25) is 0 Å². The average molecular weight is 350 g/mol. The molecular weight excluding hydrogens is 337 g/mol. The first-order chi connectivity index (χ1) is 11.9. The van der Waals surface area contributed by atoms with Gasteiger partial charge in [0.2, 0.25) is 0 Å². The molecule has 1 aromatic heterocycles. The zero-order chi connectivity index (χ0) is 18.0. The van der Waals surface area contributed by atoms with Gasteiger partial charge in [0.25, 0.3) is 5.56 Å². The number of fused-ring (bicyclic) bond motifs is 1. The van der Waals surface area contributed by atoms with Crippen molar-refractivity contribution in [3.8, 4) is 22.9 Å². The molecule has 0 aliphatic rings. The number of halogens is 3. The molecule has 0 bridgehead atoms. The van der Waals surface area contributed by atoms with Gasteiger partial charge in [0.1, 0.15) is 5.82 Å². The molecule has 0 radical (unpaired) electrons. The Bertz CT molecular complexity index is 967. The molecule has 25 heavy (non-hydrogen) atoms. The summed E-state index contributed by atoms with van der Waals surface area (Å²) in [4.78, 5) is 19.1. The van der Waals surface area contributed by atoms with Gasteiger partial charge in [-0.1, -0.05) is 12.1 Å². The second kappa shape index (κ2) is 6.46. The van der Waals surface area contributed by atoms with Crippen LogP contribution in [0, 0.1) is 0 Å². The number of H-pyrrole nitrogens is 1. The number of nitrogens with one attached hydrogen (secondary N) is 1. The van der Waals surface area contributed by atoms with Gasteiger partial charge in [-0.2, -0.15) is 13.2 Å². The molecule has 3 rings (SSSR count). The Hall–Kier alpha value is -3.03. The number of ether oxygens (including phenoxy) is 2. The number of benzene rings is 2. The van der Waals surface area contributed by atoms with Gasteiger partial charge in [0.05, 0.1) is 18.0 Å². The Balaban J connectivity index is 1.99. The summed E-state index contributed by atoms with van der Waals surface area (Å²) in [7, 11) is 1.32. The van der Waals surface area contributed by atoms with Crippen LogP contribution in [0.4, 0.5) is 13.2 Å². The molecule has 0 amide bonds. The number of hydrogen-bond acceptors (Lipinski definition) is 4. The second-order valence-electron chi connectivity index (χ2n) is 5.20. The van der Waals surface area contributed by atoms with Crippen molar-refractivity contribution >= 4 is 10.9 Å². The van der Waals surface area contributed by atoms with Gasteiger partial charge in [-0.25, -0.2) is 4.98 Å². The highest BCUT2D eigenvalue weighted by molar-refractivity contribution is 5.79. The van der Waals surface area contributed by atoms with E-state index in [9.17, 15) is 18.0 Å². The lowest BCUT2D eigenvalue weighted by atomic mass is 10.1. The summed E-state index contributed by atoms with van der Waals surface area (Å²) in [6.45, 7) is -1.42. The Morgan fingerprint density at radius 3 is 2.60 bits per heavy atom. The molecule has 1 heterocycles. The van der Waals surface area contributed by atoms with Crippen molar-refractivity contribution in [3.63, 3.8) is 0 Å². The maximum absolute atomic E-state index is 12.3. The summed E-state index contributed by atoms with van der Waals surface area (Å²) in [5.41, 5.74) is 0.689. The topological polar surface area (TPSA) is 64.2 Å². The van der Waals surface area contributed by atoms with Gasteiger partial charge in [-0.3, -0.25) is 4.79 Å². The van der Waals surface area contributed by atoms with E-state index in [0.29, 0.717) is 16.5 Å². The lowest BCUT2D eigenvalue weighted by Crippen LogP contribution is -2.19. The van der Waals surface area contributed by atoms with Gasteiger partial charge < -0.3 is 14.5 Å². The van der Waals surface area contributed by atoms with Crippen molar-refractivity contribution < 1.29 is 22.6 Å². The first kappa shape index (κ1) is 16.8. The number of rotatable bonds is 4. The van der Waals surface area contributed by atoms with E-state index in [2.05, 4.69) is 9.97 Å².